The first-order valence-electron chi connectivity index (χ1n) is 7.65. The molecule has 1 aromatic carbocycles. The van der Waals surface area contributed by atoms with Crippen molar-refractivity contribution in [2.24, 2.45) is 0 Å². The number of aromatic nitrogens is 2. The van der Waals surface area contributed by atoms with Crippen molar-refractivity contribution in [1.29, 1.82) is 0 Å². The van der Waals surface area contributed by atoms with Crippen LogP contribution in [0.25, 0.3) is 0 Å². The van der Waals surface area contributed by atoms with Gasteiger partial charge in [-0.3, -0.25) is 4.79 Å². The lowest BCUT2D eigenvalue weighted by Crippen LogP contribution is -2.46. The lowest BCUT2D eigenvalue weighted by Gasteiger charge is -2.26. The summed E-state index contributed by atoms with van der Waals surface area (Å²) in [5.74, 6) is 1.73. The largest absolute Gasteiger partial charge is 0.481 e. The average Bonchev–Trinajstić information content (AvgIpc) is 2.97. The van der Waals surface area contributed by atoms with Gasteiger partial charge in [0.15, 0.2) is 6.10 Å². The van der Waals surface area contributed by atoms with Crippen LogP contribution in [0.2, 0.25) is 0 Å². The lowest BCUT2D eigenvalue weighted by atomic mass is 10.1. The number of hydrogen-bond acceptors (Lipinski definition) is 3. The summed E-state index contributed by atoms with van der Waals surface area (Å²) in [6.45, 7) is 4.58. The molecule has 22 heavy (non-hydrogen) atoms. The molecule has 0 saturated heterocycles. The van der Waals surface area contributed by atoms with Gasteiger partial charge in [0.05, 0.1) is 0 Å². The number of fused-ring (bicyclic) bond motifs is 1. The molecular formula is C17H21N3O2. The van der Waals surface area contributed by atoms with Gasteiger partial charge < -0.3 is 14.6 Å². The van der Waals surface area contributed by atoms with E-state index in [1.165, 1.54) is 5.56 Å². The first-order valence-corrected chi connectivity index (χ1v) is 7.65. The van der Waals surface area contributed by atoms with E-state index in [1.54, 1.807) is 6.92 Å². The Hall–Kier alpha value is -2.30. The van der Waals surface area contributed by atoms with E-state index in [9.17, 15) is 4.79 Å². The van der Waals surface area contributed by atoms with Crippen molar-refractivity contribution < 1.29 is 9.53 Å². The topological polar surface area (TPSA) is 56.1 Å². The molecule has 5 nitrogen and oxygen atoms in total. The first-order chi connectivity index (χ1) is 10.6. The normalized spacial score (nSPS) is 18.4. The maximum absolute atomic E-state index is 12.3. The van der Waals surface area contributed by atoms with Gasteiger partial charge in [0.2, 0.25) is 0 Å². The molecule has 1 amide bonds. The second-order valence-corrected chi connectivity index (χ2v) is 5.81. The molecule has 2 aromatic rings. The molecule has 116 valence electrons. The molecule has 1 aliphatic heterocycles. The van der Waals surface area contributed by atoms with Gasteiger partial charge in [-0.1, -0.05) is 17.7 Å². The SMILES string of the molecule is Cc1ccc(O[C@@H](C)C(=O)N[C@@H]2CCc3nccn3C2)cc1. The molecule has 2 heterocycles. The zero-order chi connectivity index (χ0) is 15.5. The summed E-state index contributed by atoms with van der Waals surface area (Å²) in [4.78, 5) is 16.6. The smallest absolute Gasteiger partial charge is 0.261 e. The summed E-state index contributed by atoms with van der Waals surface area (Å²) >= 11 is 0. The Morgan fingerprint density at radius 2 is 2.18 bits per heavy atom. The van der Waals surface area contributed by atoms with Crippen LogP contribution >= 0.6 is 0 Å². The van der Waals surface area contributed by atoms with Gasteiger partial charge in [-0.2, -0.15) is 0 Å². The Labute approximate surface area is 130 Å². The summed E-state index contributed by atoms with van der Waals surface area (Å²) in [7, 11) is 0. The second kappa shape index (κ2) is 6.22. The Balaban J connectivity index is 1.54. The standard InChI is InChI=1S/C17H21N3O2/c1-12-3-6-15(7-4-12)22-13(2)17(21)19-14-5-8-16-18-9-10-20(16)11-14/h3-4,6-7,9-10,13-14H,5,8,11H2,1-2H3,(H,19,21)/t13-,14+/m0/s1. The predicted molar refractivity (Wildman–Crippen MR) is 83.7 cm³/mol. The minimum Gasteiger partial charge on any atom is -0.481 e. The number of ether oxygens (including phenoxy) is 1. The van der Waals surface area contributed by atoms with Gasteiger partial charge in [0.1, 0.15) is 11.6 Å². The highest BCUT2D eigenvalue weighted by molar-refractivity contribution is 5.81. The molecule has 0 unspecified atom stereocenters. The van der Waals surface area contributed by atoms with Crippen molar-refractivity contribution in [2.75, 3.05) is 0 Å². The lowest BCUT2D eigenvalue weighted by molar-refractivity contribution is -0.128. The molecular weight excluding hydrogens is 278 g/mol. The van der Waals surface area contributed by atoms with Crippen molar-refractivity contribution in [2.45, 2.75) is 45.4 Å². The molecule has 1 aliphatic rings. The molecule has 2 atom stereocenters. The van der Waals surface area contributed by atoms with Crippen LogP contribution in [-0.2, 0) is 17.8 Å². The Kier molecular flexibility index (Phi) is 4.13. The maximum atomic E-state index is 12.3. The fourth-order valence-corrected chi connectivity index (χ4v) is 2.68. The number of nitrogens with zero attached hydrogens (tertiary/aromatic N) is 2. The molecule has 0 radical (unpaired) electrons. The van der Waals surface area contributed by atoms with Gasteiger partial charge in [0.25, 0.3) is 5.91 Å². The van der Waals surface area contributed by atoms with Crippen LogP contribution < -0.4 is 10.1 Å². The van der Waals surface area contributed by atoms with Gasteiger partial charge in [-0.15, -0.1) is 0 Å². The average molecular weight is 299 g/mol. The minimum atomic E-state index is -0.508. The van der Waals surface area contributed by atoms with Gasteiger partial charge >= 0.3 is 0 Å². The molecule has 3 rings (SSSR count). The van der Waals surface area contributed by atoms with E-state index in [2.05, 4.69) is 14.9 Å². The predicted octanol–water partition coefficient (Wildman–Crippen LogP) is 2.09. The van der Waals surface area contributed by atoms with Crippen LogP contribution in [0, 0.1) is 6.92 Å². The second-order valence-electron chi connectivity index (χ2n) is 5.81. The number of benzene rings is 1. The highest BCUT2D eigenvalue weighted by Crippen LogP contribution is 2.15. The van der Waals surface area contributed by atoms with E-state index in [1.807, 2.05) is 43.6 Å². The molecule has 1 aromatic heterocycles. The monoisotopic (exact) mass is 299 g/mol. The zero-order valence-electron chi connectivity index (χ0n) is 13.0. The van der Waals surface area contributed by atoms with E-state index < -0.39 is 6.10 Å². The fraction of sp³-hybridized carbons (Fsp3) is 0.412. The third-order valence-corrected chi connectivity index (χ3v) is 3.98. The van der Waals surface area contributed by atoms with Crippen molar-refractivity contribution >= 4 is 5.91 Å². The van der Waals surface area contributed by atoms with Crippen molar-refractivity contribution in [3.63, 3.8) is 0 Å². The molecule has 0 fully saturated rings. The number of hydrogen-bond donors (Lipinski definition) is 1. The molecule has 0 bridgehead atoms. The van der Waals surface area contributed by atoms with Crippen LogP contribution in [0.15, 0.2) is 36.7 Å². The Bertz CT molecular complexity index is 648. The van der Waals surface area contributed by atoms with E-state index in [-0.39, 0.29) is 11.9 Å². The van der Waals surface area contributed by atoms with E-state index in [0.29, 0.717) is 5.75 Å². The number of carbonyl (C=O) groups is 1. The molecule has 1 N–H and O–H groups in total. The van der Waals surface area contributed by atoms with Crippen molar-refractivity contribution in [3.05, 3.63) is 48.0 Å². The third-order valence-electron chi connectivity index (χ3n) is 3.98. The van der Waals surface area contributed by atoms with E-state index in [0.717, 1.165) is 25.2 Å². The van der Waals surface area contributed by atoms with Crippen molar-refractivity contribution in [3.8, 4) is 5.75 Å². The summed E-state index contributed by atoms with van der Waals surface area (Å²) < 4.78 is 7.79. The first kappa shape index (κ1) is 14.6. The molecule has 0 aliphatic carbocycles. The number of rotatable bonds is 4. The van der Waals surface area contributed by atoms with Crippen molar-refractivity contribution in [1.82, 2.24) is 14.9 Å². The summed E-state index contributed by atoms with van der Waals surface area (Å²) in [5, 5.41) is 3.07. The number of carbonyl (C=O) groups excluding carboxylic acids is 1. The Morgan fingerprint density at radius 3 is 2.95 bits per heavy atom. The molecule has 5 heteroatoms. The summed E-state index contributed by atoms with van der Waals surface area (Å²) in [5.41, 5.74) is 1.17. The van der Waals surface area contributed by atoms with Gasteiger partial charge in [-0.25, -0.2) is 4.98 Å². The fourth-order valence-electron chi connectivity index (χ4n) is 2.68. The van der Waals surface area contributed by atoms with Crippen LogP contribution in [0.1, 0.15) is 24.7 Å². The van der Waals surface area contributed by atoms with Gasteiger partial charge in [-0.05, 0) is 32.4 Å². The van der Waals surface area contributed by atoms with Crippen LogP contribution in [0.5, 0.6) is 5.75 Å². The third kappa shape index (κ3) is 3.30. The number of imidazole rings is 1. The highest BCUT2D eigenvalue weighted by Gasteiger charge is 2.23. The van der Waals surface area contributed by atoms with E-state index in [4.69, 9.17) is 4.74 Å². The highest BCUT2D eigenvalue weighted by atomic mass is 16.5. The molecule has 0 saturated carbocycles. The number of amides is 1. The minimum absolute atomic E-state index is 0.0749. The van der Waals surface area contributed by atoms with Crippen LogP contribution in [0.4, 0.5) is 0 Å². The maximum Gasteiger partial charge on any atom is 0.261 e. The number of nitrogens with one attached hydrogen (secondary N) is 1. The zero-order valence-corrected chi connectivity index (χ0v) is 13.0. The van der Waals surface area contributed by atoms with E-state index >= 15 is 0 Å². The summed E-state index contributed by atoms with van der Waals surface area (Å²) in [6.07, 6.45) is 5.07. The Morgan fingerprint density at radius 1 is 1.41 bits per heavy atom. The molecule has 0 spiro atoms. The quantitative estimate of drug-likeness (QED) is 0.940. The van der Waals surface area contributed by atoms with Gasteiger partial charge in [0, 0.05) is 31.4 Å². The number of aryl methyl sites for hydroxylation is 2. The van der Waals surface area contributed by atoms with Crippen LogP contribution in [-0.4, -0.2) is 27.6 Å². The summed E-state index contributed by atoms with van der Waals surface area (Å²) in [6, 6.07) is 7.86. The van der Waals surface area contributed by atoms with Crippen LogP contribution in [0.3, 0.4) is 0 Å².